The summed E-state index contributed by atoms with van der Waals surface area (Å²) in [6.45, 7) is 0.576. The molecule has 1 aliphatic heterocycles. The van der Waals surface area contributed by atoms with Crippen LogP contribution in [0.1, 0.15) is 10.4 Å². The summed E-state index contributed by atoms with van der Waals surface area (Å²) >= 11 is 0. The molecule has 0 bridgehead atoms. The lowest BCUT2D eigenvalue weighted by Gasteiger charge is -2.21. The summed E-state index contributed by atoms with van der Waals surface area (Å²) in [6.07, 6.45) is 0. The molecule has 2 radical (unpaired) electrons. The fraction of sp³-hybridized carbons (Fsp3) is 0.222. The van der Waals surface area contributed by atoms with Gasteiger partial charge < -0.3 is 14.6 Å². The maximum atomic E-state index is 10.9. The summed E-state index contributed by atoms with van der Waals surface area (Å²) in [5.74, 6) is -1.01. The largest absolute Gasteiger partial charge is 0.486 e. The minimum atomic E-state index is -1.28. The Morgan fingerprint density at radius 3 is 2.67 bits per heavy atom. The zero-order valence-electron chi connectivity index (χ0n) is 7.66. The smallest absolute Gasteiger partial charge is 0.341 e. The van der Waals surface area contributed by atoms with Gasteiger partial charge in [0.15, 0.2) is 11.5 Å². The van der Waals surface area contributed by atoms with Crippen molar-refractivity contribution in [2.24, 2.45) is 0 Å². The van der Waals surface area contributed by atoms with Crippen LogP contribution in [0.2, 0.25) is 0 Å². The molecule has 0 atom stereocenters. The summed E-state index contributed by atoms with van der Waals surface area (Å²) in [4.78, 5) is 10.9. The van der Waals surface area contributed by atoms with E-state index in [0.717, 1.165) is 0 Å². The van der Waals surface area contributed by atoms with E-state index in [4.69, 9.17) is 26.0 Å². The SMILES string of the molecule is [NH]c1cc2c(c(C(=O)O)c1[NH])OCCO2. The molecule has 1 aromatic carbocycles. The van der Waals surface area contributed by atoms with Crippen LogP contribution < -0.4 is 20.9 Å². The molecule has 1 heterocycles. The van der Waals surface area contributed by atoms with E-state index >= 15 is 0 Å². The number of aromatic carboxylic acids is 1. The molecule has 3 N–H and O–H groups in total. The van der Waals surface area contributed by atoms with Crippen molar-refractivity contribution in [2.75, 3.05) is 13.2 Å². The number of ether oxygens (including phenoxy) is 2. The van der Waals surface area contributed by atoms with Gasteiger partial charge in [0, 0.05) is 6.07 Å². The van der Waals surface area contributed by atoms with E-state index in [-0.39, 0.29) is 35.0 Å². The van der Waals surface area contributed by atoms with Crippen molar-refractivity contribution in [2.45, 2.75) is 0 Å². The number of hydrogen-bond acceptors (Lipinski definition) is 3. The van der Waals surface area contributed by atoms with Gasteiger partial charge in [0.2, 0.25) is 0 Å². The van der Waals surface area contributed by atoms with Crippen molar-refractivity contribution in [1.29, 1.82) is 0 Å². The summed E-state index contributed by atoms with van der Waals surface area (Å²) < 4.78 is 10.3. The van der Waals surface area contributed by atoms with Gasteiger partial charge in [0.1, 0.15) is 18.8 Å². The molecule has 15 heavy (non-hydrogen) atoms. The molecule has 0 saturated heterocycles. The third-order valence-corrected chi connectivity index (χ3v) is 2.05. The van der Waals surface area contributed by atoms with Crippen molar-refractivity contribution in [3.63, 3.8) is 0 Å². The quantitative estimate of drug-likeness (QED) is 0.742. The number of carboxylic acids is 1. The summed E-state index contributed by atoms with van der Waals surface area (Å²) in [6, 6.07) is 1.29. The fourth-order valence-corrected chi connectivity index (χ4v) is 1.39. The predicted octanol–water partition coefficient (Wildman–Crippen LogP) is 0.985. The topological polar surface area (TPSA) is 103 Å². The zero-order valence-corrected chi connectivity index (χ0v) is 7.66. The highest BCUT2D eigenvalue weighted by atomic mass is 16.6. The molecule has 6 heteroatoms. The fourth-order valence-electron chi connectivity index (χ4n) is 1.39. The van der Waals surface area contributed by atoms with Crippen molar-refractivity contribution in [3.8, 4) is 11.5 Å². The highest BCUT2D eigenvalue weighted by Crippen LogP contribution is 2.41. The third-order valence-electron chi connectivity index (χ3n) is 2.05. The van der Waals surface area contributed by atoms with Gasteiger partial charge in [-0.05, 0) is 0 Å². The Balaban J connectivity index is 2.68. The van der Waals surface area contributed by atoms with E-state index in [0.29, 0.717) is 6.61 Å². The van der Waals surface area contributed by atoms with Crippen molar-refractivity contribution in [1.82, 2.24) is 11.5 Å². The molecular formula is C9H8N2O4. The number of hydrogen-bond donors (Lipinski definition) is 1. The summed E-state index contributed by atoms with van der Waals surface area (Å²) in [5, 5.41) is 8.91. The van der Waals surface area contributed by atoms with Crippen LogP contribution in [-0.4, -0.2) is 24.3 Å². The van der Waals surface area contributed by atoms with Gasteiger partial charge in [-0.1, -0.05) is 0 Å². The Hall–Kier alpha value is -2.11. The molecule has 0 fully saturated rings. The lowest BCUT2D eigenvalue weighted by molar-refractivity contribution is 0.0687. The van der Waals surface area contributed by atoms with Gasteiger partial charge in [-0.25, -0.2) is 4.79 Å². The number of benzene rings is 1. The van der Waals surface area contributed by atoms with E-state index in [9.17, 15) is 4.79 Å². The van der Waals surface area contributed by atoms with Crippen molar-refractivity contribution in [3.05, 3.63) is 11.6 Å². The first-order valence-corrected chi connectivity index (χ1v) is 4.24. The third kappa shape index (κ3) is 1.39. The Kier molecular flexibility index (Phi) is 2.03. The van der Waals surface area contributed by atoms with Crippen LogP contribution in [0.5, 0.6) is 11.5 Å². The average Bonchev–Trinajstić information content (AvgIpc) is 2.19. The Morgan fingerprint density at radius 1 is 1.33 bits per heavy atom. The Bertz CT molecular complexity index is 431. The van der Waals surface area contributed by atoms with Gasteiger partial charge in [-0.15, -0.1) is 0 Å². The molecule has 0 unspecified atom stereocenters. The highest BCUT2D eigenvalue weighted by molar-refractivity contribution is 6.00. The van der Waals surface area contributed by atoms with E-state index in [1.54, 1.807) is 0 Å². The van der Waals surface area contributed by atoms with Crippen LogP contribution in [0.15, 0.2) is 6.07 Å². The minimum absolute atomic E-state index is 0.0507. The maximum Gasteiger partial charge on any atom is 0.341 e. The first-order valence-electron chi connectivity index (χ1n) is 4.24. The van der Waals surface area contributed by atoms with E-state index in [2.05, 4.69) is 0 Å². The first kappa shape index (κ1) is 9.45. The molecule has 6 nitrogen and oxygen atoms in total. The van der Waals surface area contributed by atoms with Crippen molar-refractivity contribution >= 4 is 17.3 Å². The second kappa shape index (κ2) is 3.23. The molecule has 0 saturated carbocycles. The first-order chi connectivity index (χ1) is 7.11. The molecule has 0 amide bonds. The lowest BCUT2D eigenvalue weighted by Crippen LogP contribution is -2.18. The zero-order chi connectivity index (χ0) is 11.0. The van der Waals surface area contributed by atoms with Gasteiger partial charge in [-0.3, -0.25) is 11.5 Å². The number of carbonyl (C=O) groups is 1. The molecule has 1 aromatic rings. The Labute approximate surface area is 85.4 Å². The van der Waals surface area contributed by atoms with Crippen LogP contribution in [0.25, 0.3) is 0 Å². The van der Waals surface area contributed by atoms with Gasteiger partial charge in [0.25, 0.3) is 0 Å². The molecule has 0 spiro atoms. The summed E-state index contributed by atoms with van der Waals surface area (Å²) in [5.41, 5.74) is 14.0. The molecule has 1 aliphatic rings. The van der Waals surface area contributed by atoms with E-state index < -0.39 is 5.97 Å². The number of nitrogens with one attached hydrogen (secondary N) is 2. The maximum absolute atomic E-state index is 10.9. The number of rotatable bonds is 1. The van der Waals surface area contributed by atoms with E-state index in [1.807, 2.05) is 0 Å². The second-order valence-electron chi connectivity index (χ2n) is 3.00. The van der Waals surface area contributed by atoms with Crippen LogP contribution in [0, 0.1) is 0 Å². The van der Waals surface area contributed by atoms with Gasteiger partial charge in [-0.2, -0.15) is 0 Å². The normalized spacial score (nSPS) is 13.6. The average molecular weight is 208 g/mol. The van der Waals surface area contributed by atoms with Crippen LogP contribution >= 0.6 is 0 Å². The number of fused-ring (bicyclic) bond motifs is 1. The van der Waals surface area contributed by atoms with Crippen LogP contribution in [0.3, 0.4) is 0 Å². The molecule has 0 aliphatic carbocycles. The monoisotopic (exact) mass is 208 g/mol. The predicted molar refractivity (Wildman–Crippen MR) is 49.9 cm³/mol. The Morgan fingerprint density at radius 2 is 2.00 bits per heavy atom. The second-order valence-corrected chi connectivity index (χ2v) is 3.00. The van der Waals surface area contributed by atoms with Gasteiger partial charge in [0.05, 0.1) is 11.4 Å². The number of carboxylic acid groups (broad SMARTS) is 1. The molecule has 78 valence electrons. The summed E-state index contributed by atoms with van der Waals surface area (Å²) in [7, 11) is 0. The molecular weight excluding hydrogens is 200 g/mol. The van der Waals surface area contributed by atoms with E-state index in [1.165, 1.54) is 6.07 Å². The van der Waals surface area contributed by atoms with Gasteiger partial charge >= 0.3 is 5.97 Å². The van der Waals surface area contributed by atoms with Crippen LogP contribution in [-0.2, 0) is 0 Å². The lowest BCUT2D eigenvalue weighted by atomic mass is 10.1. The molecule has 0 aromatic heterocycles. The standard InChI is InChI=1S/C9H8N2O4/c10-4-3-5-8(15-2-1-14-5)6(7(4)11)9(12)13/h3,10-11H,1-2H2,(H,12,13). The molecule has 2 rings (SSSR count). The van der Waals surface area contributed by atoms with Crippen molar-refractivity contribution < 1.29 is 19.4 Å². The minimum Gasteiger partial charge on any atom is -0.486 e. The van der Waals surface area contributed by atoms with Crippen LogP contribution in [0.4, 0.5) is 11.4 Å². The highest BCUT2D eigenvalue weighted by Gasteiger charge is 2.25.